The number of ether oxygens (including phenoxy) is 1. The van der Waals surface area contributed by atoms with Crippen molar-refractivity contribution in [3.63, 3.8) is 0 Å². The lowest BCUT2D eigenvalue weighted by molar-refractivity contribution is -0.171. The highest BCUT2D eigenvalue weighted by Gasteiger charge is 2.58. The molecule has 5 N–H and O–H groups in total. The summed E-state index contributed by atoms with van der Waals surface area (Å²) in [6, 6.07) is -1.77. The van der Waals surface area contributed by atoms with E-state index in [1.54, 1.807) is 6.92 Å². The second-order valence-electron chi connectivity index (χ2n) is 6.71. The summed E-state index contributed by atoms with van der Waals surface area (Å²) in [6.45, 7) is 4.70. The monoisotopic (exact) mass is 380 g/mol. The SMILES string of the molecule is C[C@H](N)C(=O)N[C@@H]1[C@H]2C(=C(O)C[C@@H](C)[C@@H]2O)C(=O)O[C@]1(C)C(Cl)Cl. The smallest absolute Gasteiger partial charge is 0.338 e. The fraction of sp³-hybridized carbons (Fsp3) is 0.733. The van der Waals surface area contributed by atoms with Gasteiger partial charge in [-0.1, -0.05) is 6.92 Å². The number of nitrogens with two attached hydrogens (primary N) is 1. The van der Waals surface area contributed by atoms with Crippen LogP contribution in [-0.2, 0) is 14.3 Å². The average molecular weight is 381 g/mol. The van der Waals surface area contributed by atoms with Gasteiger partial charge in [-0.15, -0.1) is 23.2 Å². The molecule has 0 aromatic carbocycles. The summed E-state index contributed by atoms with van der Waals surface area (Å²) in [5, 5.41) is 23.5. The zero-order valence-electron chi connectivity index (χ0n) is 13.6. The number of rotatable bonds is 3. The van der Waals surface area contributed by atoms with Crippen LogP contribution in [0.5, 0.6) is 0 Å². The lowest BCUT2D eigenvalue weighted by Gasteiger charge is -2.50. The lowest BCUT2D eigenvalue weighted by atomic mass is 9.69. The molecule has 2 rings (SSSR count). The second kappa shape index (κ2) is 6.71. The average Bonchev–Trinajstić information content (AvgIpc) is 2.46. The van der Waals surface area contributed by atoms with Gasteiger partial charge in [-0.3, -0.25) is 4.79 Å². The Labute approximate surface area is 150 Å². The molecule has 2 aliphatic rings. The van der Waals surface area contributed by atoms with Gasteiger partial charge in [0, 0.05) is 12.3 Å². The molecule has 0 aromatic heterocycles. The summed E-state index contributed by atoms with van der Waals surface area (Å²) in [4.78, 5) is 23.3. The van der Waals surface area contributed by atoms with Gasteiger partial charge in [-0.2, -0.15) is 0 Å². The van der Waals surface area contributed by atoms with Gasteiger partial charge >= 0.3 is 5.97 Å². The second-order valence-corrected chi connectivity index (χ2v) is 7.80. The highest BCUT2D eigenvalue weighted by molar-refractivity contribution is 6.45. The van der Waals surface area contributed by atoms with Crippen LogP contribution in [0.2, 0.25) is 0 Å². The normalized spacial score (nSPS) is 37.8. The van der Waals surface area contributed by atoms with E-state index in [9.17, 15) is 19.8 Å². The number of hydrogen-bond donors (Lipinski definition) is 4. The number of fused-ring (bicyclic) bond motifs is 1. The summed E-state index contributed by atoms with van der Waals surface area (Å²) in [5.74, 6) is -2.70. The Kier molecular flexibility index (Phi) is 5.40. The molecule has 24 heavy (non-hydrogen) atoms. The molecule has 6 atom stereocenters. The number of carbonyl (C=O) groups is 2. The van der Waals surface area contributed by atoms with Gasteiger partial charge in [-0.05, 0) is 19.8 Å². The Morgan fingerprint density at radius 3 is 2.58 bits per heavy atom. The minimum Gasteiger partial charge on any atom is -0.512 e. The maximum Gasteiger partial charge on any atom is 0.338 e. The van der Waals surface area contributed by atoms with Crippen LogP contribution < -0.4 is 11.1 Å². The molecule has 0 radical (unpaired) electrons. The van der Waals surface area contributed by atoms with Crippen LogP contribution in [-0.4, -0.2) is 50.7 Å². The minimum absolute atomic E-state index is 0.0537. The van der Waals surface area contributed by atoms with Crippen molar-refractivity contribution in [2.75, 3.05) is 0 Å². The molecule has 0 saturated carbocycles. The van der Waals surface area contributed by atoms with Gasteiger partial charge in [0.2, 0.25) is 5.91 Å². The molecule has 0 aromatic rings. The van der Waals surface area contributed by atoms with Gasteiger partial charge in [0.1, 0.15) is 10.6 Å². The van der Waals surface area contributed by atoms with E-state index in [4.69, 9.17) is 33.7 Å². The third kappa shape index (κ3) is 3.10. The first kappa shape index (κ1) is 19.3. The molecule has 1 heterocycles. The molecule has 9 heteroatoms. The van der Waals surface area contributed by atoms with Gasteiger partial charge in [-0.25, -0.2) is 4.79 Å². The van der Waals surface area contributed by atoms with Gasteiger partial charge in [0.15, 0.2) is 5.60 Å². The van der Waals surface area contributed by atoms with E-state index >= 15 is 0 Å². The third-order valence-electron chi connectivity index (χ3n) is 4.76. The Morgan fingerprint density at radius 1 is 1.50 bits per heavy atom. The molecule has 1 aliphatic heterocycles. The van der Waals surface area contributed by atoms with E-state index in [0.29, 0.717) is 0 Å². The quantitative estimate of drug-likeness (QED) is 0.423. The molecule has 7 nitrogen and oxygen atoms in total. The van der Waals surface area contributed by atoms with Crippen LogP contribution in [0.1, 0.15) is 27.2 Å². The number of halogens is 2. The van der Waals surface area contributed by atoms with E-state index in [1.807, 2.05) is 0 Å². The Hall–Kier alpha value is -1.02. The van der Waals surface area contributed by atoms with Crippen molar-refractivity contribution < 1.29 is 24.5 Å². The first-order chi connectivity index (χ1) is 11.0. The van der Waals surface area contributed by atoms with Crippen LogP contribution in [0.3, 0.4) is 0 Å². The molecule has 1 amide bonds. The Morgan fingerprint density at radius 2 is 2.08 bits per heavy atom. The zero-order chi connectivity index (χ0) is 18.4. The number of carbonyl (C=O) groups excluding carboxylic acids is 2. The molecule has 0 unspecified atom stereocenters. The fourth-order valence-corrected chi connectivity index (χ4v) is 3.60. The number of aliphatic hydroxyl groups is 2. The van der Waals surface area contributed by atoms with Crippen molar-refractivity contribution >= 4 is 35.1 Å². The summed E-state index contributed by atoms with van der Waals surface area (Å²) in [7, 11) is 0. The predicted octanol–water partition coefficient (Wildman–Crippen LogP) is 0.767. The Balaban J connectivity index is 2.55. The number of esters is 1. The van der Waals surface area contributed by atoms with Crippen molar-refractivity contribution in [1.82, 2.24) is 5.32 Å². The van der Waals surface area contributed by atoms with Crippen LogP contribution in [0.4, 0.5) is 0 Å². The van der Waals surface area contributed by atoms with Crippen LogP contribution in [0.15, 0.2) is 11.3 Å². The molecule has 1 aliphatic carbocycles. The van der Waals surface area contributed by atoms with Crippen molar-refractivity contribution in [2.45, 2.75) is 55.8 Å². The highest BCUT2D eigenvalue weighted by atomic mass is 35.5. The summed E-state index contributed by atoms with van der Waals surface area (Å²) < 4.78 is 5.36. The topological polar surface area (TPSA) is 122 Å². The van der Waals surface area contributed by atoms with Gasteiger partial charge < -0.3 is 26.0 Å². The van der Waals surface area contributed by atoms with Crippen molar-refractivity contribution in [3.8, 4) is 0 Å². The largest absolute Gasteiger partial charge is 0.512 e. The first-order valence-corrected chi connectivity index (χ1v) is 8.55. The number of amides is 1. The summed E-state index contributed by atoms with van der Waals surface area (Å²) in [5.41, 5.74) is 4.05. The van der Waals surface area contributed by atoms with Crippen LogP contribution in [0, 0.1) is 11.8 Å². The molecular formula is C15H22Cl2N2O5. The van der Waals surface area contributed by atoms with E-state index in [1.165, 1.54) is 13.8 Å². The maximum atomic E-state index is 12.4. The van der Waals surface area contributed by atoms with Crippen molar-refractivity contribution in [1.29, 1.82) is 0 Å². The van der Waals surface area contributed by atoms with Crippen LogP contribution in [0.25, 0.3) is 0 Å². The molecular weight excluding hydrogens is 359 g/mol. The molecule has 1 fully saturated rings. The summed E-state index contributed by atoms with van der Waals surface area (Å²) >= 11 is 12.0. The van der Waals surface area contributed by atoms with E-state index in [0.717, 1.165) is 0 Å². The standard InChI is InChI=1S/C15H22Cl2N2O5/c1-5-4-7(20)8-9(10(5)21)11(19-12(22)6(2)18)15(3,14(16)17)24-13(8)23/h5-6,9-11,14,20-21H,4,18H2,1-3H3,(H,19,22)/t5-,6+,9+,10+,11-,15+/m1/s1. The van der Waals surface area contributed by atoms with E-state index in [2.05, 4.69) is 5.32 Å². The van der Waals surface area contributed by atoms with Gasteiger partial charge in [0.25, 0.3) is 0 Å². The molecule has 0 bridgehead atoms. The number of allylic oxidation sites excluding steroid dienone is 1. The zero-order valence-corrected chi connectivity index (χ0v) is 15.1. The first-order valence-electron chi connectivity index (χ1n) is 7.68. The Bertz CT molecular complexity index is 580. The van der Waals surface area contributed by atoms with Crippen molar-refractivity contribution in [3.05, 3.63) is 11.3 Å². The highest BCUT2D eigenvalue weighted by Crippen LogP contribution is 2.46. The predicted molar refractivity (Wildman–Crippen MR) is 88.5 cm³/mol. The van der Waals surface area contributed by atoms with Gasteiger partial charge in [0.05, 0.1) is 23.8 Å². The maximum absolute atomic E-state index is 12.4. The number of nitrogens with one attached hydrogen (secondary N) is 1. The van der Waals surface area contributed by atoms with E-state index in [-0.39, 0.29) is 23.7 Å². The summed E-state index contributed by atoms with van der Waals surface area (Å²) in [6.07, 6.45) is -0.855. The molecule has 1 saturated heterocycles. The fourth-order valence-electron chi connectivity index (χ4n) is 3.24. The number of hydrogen-bond acceptors (Lipinski definition) is 6. The third-order valence-corrected chi connectivity index (χ3v) is 5.63. The lowest BCUT2D eigenvalue weighted by Crippen LogP contribution is -2.68. The van der Waals surface area contributed by atoms with Crippen molar-refractivity contribution in [2.24, 2.45) is 17.6 Å². The minimum atomic E-state index is -1.49. The molecule has 136 valence electrons. The van der Waals surface area contributed by atoms with E-state index < -0.39 is 46.4 Å². The number of alkyl halides is 2. The number of cyclic esters (lactones) is 1. The molecule has 0 spiro atoms. The van der Waals surface area contributed by atoms with Crippen LogP contribution >= 0.6 is 23.2 Å². The number of aliphatic hydroxyl groups excluding tert-OH is 2.